The molecule has 2 aromatic rings. The average Bonchev–Trinajstić information content (AvgIpc) is 3.07. The van der Waals surface area contributed by atoms with Crippen LogP contribution in [0.1, 0.15) is 60.5 Å². The molecule has 1 heterocycles. The van der Waals surface area contributed by atoms with Gasteiger partial charge in [-0.3, -0.25) is 4.79 Å². The lowest BCUT2D eigenvalue weighted by Crippen LogP contribution is -2.49. The number of amides is 1. The van der Waals surface area contributed by atoms with Crippen molar-refractivity contribution in [1.82, 2.24) is 0 Å². The highest BCUT2D eigenvalue weighted by Gasteiger charge is 2.44. The Morgan fingerprint density at radius 1 is 1.31 bits per heavy atom. The topological polar surface area (TPSA) is 105 Å². The summed E-state index contributed by atoms with van der Waals surface area (Å²) in [5.41, 5.74) is 3.38. The Balaban J connectivity index is 1.51. The minimum Gasteiger partial charge on any atom is -0.490 e. The highest BCUT2D eigenvalue weighted by Crippen LogP contribution is 2.46. The molecule has 1 saturated carbocycles. The molecule has 0 bridgehead atoms. The summed E-state index contributed by atoms with van der Waals surface area (Å²) >= 11 is 6.38. The van der Waals surface area contributed by atoms with E-state index in [0.717, 1.165) is 42.8 Å². The first-order valence-electron chi connectivity index (χ1n) is 14.8. The maximum Gasteiger partial charge on any atom is 0.286 e. The normalized spacial score (nSPS) is 25.9. The predicted molar refractivity (Wildman–Crippen MR) is 171 cm³/mol. The molecule has 5 rings (SSSR count). The summed E-state index contributed by atoms with van der Waals surface area (Å²) in [6.07, 6.45) is 8.39. The van der Waals surface area contributed by atoms with Crippen LogP contribution in [0.2, 0.25) is 5.02 Å². The molecule has 1 unspecified atom stereocenters. The van der Waals surface area contributed by atoms with E-state index in [2.05, 4.69) is 34.6 Å². The first-order chi connectivity index (χ1) is 20.0. The monoisotopic (exact) mass is 611 g/mol. The van der Waals surface area contributed by atoms with Crippen LogP contribution >= 0.6 is 11.6 Å². The second-order valence-electron chi connectivity index (χ2n) is 12.4. The van der Waals surface area contributed by atoms with Gasteiger partial charge in [-0.15, -0.1) is 17.5 Å². The van der Waals surface area contributed by atoms with Gasteiger partial charge in [0.15, 0.2) is 0 Å². The summed E-state index contributed by atoms with van der Waals surface area (Å²) in [4.78, 5) is 15.6. The molecule has 7 nitrogen and oxygen atoms in total. The Labute approximate surface area is 255 Å². The van der Waals surface area contributed by atoms with Gasteiger partial charge in [0.05, 0.1) is 18.4 Å². The van der Waals surface area contributed by atoms with Crippen LogP contribution in [0.25, 0.3) is 0 Å². The van der Waals surface area contributed by atoms with Crippen molar-refractivity contribution >= 4 is 33.1 Å². The van der Waals surface area contributed by atoms with Gasteiger partial charge < -0.3 is 14.7 Å². The number of anilines is 1. The number of aryl methyl sites for hydroxylation is 1. The molecule has 1 aliphatic heterocycles. The lowest BCUT2D eigenvalue weighted by atomic mass is 9.68. The van der Waals surface area contributed by atoms with Crippen molar-refractivity contribution in [2.45, 2.75) is 57.0 Å². The Morgan fingerprint density at radius 2 is 2.12 bits per heavy atom. The molecule has 2 aromatic carbocycles. The van der Waals surface area contributed by atoms with Gasteiger partial charge in [0.2, 0.25) is 0 Å². The third kappa shape index (κ3) is 6.47. The molecule has 6 atom stereocenters. The quantitative estimate of drug-likeness (QED) is 0.334. The van der Waals surface area contributed by atoms with Crippen molar-refractivity contribution in [1.29, 1.82) is 0 Å². The van der Waals surface area contributed by atoms with Crippen LogP contribution in [-0.2, 0) is 21.8 Å². The van der Waals surface area contributed by atoms with Crippen LogP contribution in [0, 0.1) is 17.8 Å². The number of nitrogens with zero attached hydrogens (tertiary/aromatic N) is 2. The van der Waals surface area contributed by atoms with Crippen molar-refractivity contribution < 1.29 is 18.8 Å². The van der Waals surface area contributed by atoms with Crippen molar-refractivity contribution in [2.75, 3.05) is 30.3 Å². The summed E-state index contributed by atoms with van der Waals surface area (Å²) in [6, 6.07) is 11.4. The molecule has 226 valence electrons. The molecule has 42 heavy (non-hydrogen) atoms. The SMILES string of the molecule is C=CC[C@H](C)CS(N)(=O)=NC(=O)c1ccc2c(c1)N(C[C@@H]1CC[C@H]1[C@@H](O)C=C)C[C@@]1(CCCc3cc(Cl)ccc31)CO2. The number of fused-ring (bicyclic) bond motifs is 3. The zero-order valence-electron chi connectivity index (χ0n) is 24.3. The minimum atomic E-state index is -3.20. The number of aliphatic hydroxyl groups is 1. The third-order valence-corrected chi connectivity index (χ3v) is 11.0. The van der Waals surface area contributed by atoms with Crippen LogP contribution in [0.15, 0.2) is 66.1 Å². The highest BCUT2D eigenvalue weighted by molar-refractivity contribution is 7.91. The van der Waals surface area contributed by atoms with Gasteiger partial charge >= 0.3 is 0 Å². The lowest BCUT2D eigenvalue weighted by Gasteiger charge is -2.45. The number of aliphatic hydroxyl groups excluding tert-OH is 1. The van der Waals surface area contributed by atoms with Gasteiger partial charge in [0, 0.05) is 34.8 Å². The summed E-state index contributed by atoms with van der Waals surface area (Å²) in [7, 11) is -3.20. The van der Waals surface area contributed by atoms with E-state index in [1.165, 1.54) is 11.1 Å². The Hall–Kier alpha value is -2.65. The number of allylic oxidation sites excluding steroid dienone is 1. The van der Waals surface area contributed by atoms with Crippen LogP contribution in [-0.4, -0.2) is 46.8 Å². The van der Waals surface area contributed by atoms with E-state index in [0.29, 0.717) is 37.4 Å². The molecule has 9 heteroatoms. The molecule has 1 spiro atoms. The second kappa shape index (κ2) is 12.5. The van der Waals surface area contributed by atoms with E-state index in [4.69, 9.17) is 21.5 Å². The van der Waals surface area contributed by atoms with Crippen LogP contribution in [0.3, 0.4) is 0 Å². The number of benzene rings is 2. The number of halogens is 1. The molecule has 1 amide bonds. The second-order valence-corrected chi connectivity index (χ2v) is 14.7. The molecule has 0 saturated heterocycles. The van der Waals surface area contributed by atoms with E-state index in [9.17, 15) is 14.1 Å². The summed E-state index contributed by atoms with van der Waals surface area (Å²) < 4.78 is 23.5. The molecule has 3 N–H and O–H groups in total. The fourth-order valence-corrected chi connectivity index (χ4v) is 8.57. The minimum absolute atomic E-state index is 0.00160. The molecular formula is C33H42ClN3O4S. The zero-order chi connectivity index (χ0) is 30.1. The molecule has 3 aliphatic rings. The van der Waals surface area contributed by atoms with Crippen molar-refractivity contribution in [3.8, 4) is 5.75 Å². The average molecular weight is 612 g/mol. The van der Waals surface area contributed by atoms with E-state index >= 15 is 0 Å². The standard InChI is InChI=1S/C33H42ClN3O4S/c1-4-7-22(3)19-42(35,40)36-32(39)24-10-14-31-29(17-24)37(18-25-9-12-27(25)30(38)5-2)20-33(21-41-31)15-6-8-23-16-26(34)11-13-28(23)33/h4-5,10-11,13-14,16-17,22,25,27,30,38H,1-2,6-9,12,15,18-21H2,3H3,(H2,35,36,39,40)/t22-,25-,27+,30-,33-,42?/m0/s1. The van der Waals surface area contributed by atoms with Crippen LogP contribution in [0.5, 0.6) is 5.75 Å². The number of hydrogen-bond acceptors (Lipinski definition) is 5. The summed E-state index contributed by atoms with van der Waals surface area (Å²) in [6.45, 7) is 11.3. The number of carbonyl (C=O) groups excluding carboxylic acids is 1. The molecule has 2 aliphatic carbocycles. The van der Waals surface area contributed by atoms with Crippen molar-refractivity contribution in [3.63, 3.8) is 0 Å². The maximum atomic E-state index is 13.3. The zero-order valence-corrected chi connectivity index (χ0v) is 25.9. The maximum absolute atomic E-state index is 13.3. The van der Waals surface area contributed by atoms with E-state index in [1.54, 1.807) is 24.3 Å². The lowest BCUT2D eigenvalue weighted by molar-refractivity contribution is 0.0460. The van der Waals surface area contributed by atoms with Gasteiger partial charge in [-0.05, 0) is 97.7 Å². The van der Waals surface area contributed by atoms with Gasteiger partial charge in [0.1, 0.15) is 15.7 Å². The van der Waals surface area contributed by atoms with Gasteiger partial charge in [-0.25, -0.2) is 9.35 Å². The van der Waals surface area contributed by atoms with E-state index in [1.807, 2.05) is 19.1 Å². The van der Waals surface area contributed by atoms with Gasteiger partial charge in [0.25, 0.3) is 5.91 Å². The fourth-order valence-electron chi connectivity index (χ4n) is 6.97. The van der Waals surface area contributed by atoms with E-state index in [-0.39, 0.29) is 28.9 Å². The van der Waals surface area contributed by atoms with Gasteiger partial charge in [-0.2, -0.15) is 0 Å². The van der Waals surface area contributed by atoms with Crippen LogP contribution in [0.4, 0.5) is 5.69 Å². The van der Waals surface area contributed by atoms with Crippen LogP contribution < -0.4 is 14.8 Å². The molecule has 1 fully saturated rings. The summed E-state index contributed by atoms with van der Waals surface area (Å²) in [5.74, 6) is 0.619. The number of nitrogens with two attached hydrogens (primary N) is 1. The molecule has 0 aromatic heterocycles. The predicted octanol–water partition coefficient (Wildman–Crippen LogP) is 6.08. The number of carbonyl (C=O) groups is 1. The van der Waals surface area contributed by atoms with Crippen molar-refractivity contribution in [2.24, 2.45) is 27.3 Å². The Bertz CT molecular complexity index is 1490. The number of hydrogen-bond donors (Lipinski definition) is 2. The fraction of sp³-hybridized carbons (Fsp3) is 0.485. The Kier molecular flexibility index (Phi) is 9.19. The first kappa shape index (κ1) is 30.8. The number of rotatable bonds is 9. The van der Waals surface area contributed by atoms with E-state index < -0.39 is 21.9 Å². The number of ether oxygens (including phenoxy) is 1. The first-order valence-corrected chi connectivity index (χ1v) is 17.0. The van der Waals surface area contributed by atoms with Crippen molar-refractivity contribution in [3.05, 3.63) is 83.4 Å². The smallest absolute Gasteiger partial charge is 0.286 e. The third-order valence-electron chi connectivity index (χ3n) is 9.23. The van der Waals surface area contributed by atoms with Gasteiger partial charge in [-0.1, -0.05) is 36.7 Å². The summed E-state index contributed by atoms with van der Waals surface area (Å²) in [5, 5.41) is 17.3. The highest BCUT2D eigenvalue weighted by atomic mass is 35.5. The molecule has 0 radical (unpaired) electrons. The molecular weight excluding hydrogens is 570 g/mol. The Morgan fingerprint density at radius 3 is 2.83 bits per heavy atom. The largest absolute Gasteiger partial charge is 0.490 e.